The van der Waals surface area contributed by atoms with Gasteiger partial charge in [0, 0.05) is 26.7 Å². The number of aromatic hydroxyl groups is 2. The molecule has 2 aromatic heterocycles. The zero-order valence-corrected chi connectivity index (χ0v) is 16.9. The molecular weight excluding hydrogens is 374 g/mol. The zero-order chi connectivity index (χ0) is 21.1. The molecule has 156 valence electrons. The van der Waals surface area contributed by atoms with Crippen molar-refractivity contribution in [1.29, 1.82) is 0 Å². The van der Waals surface area contributed by atoms with Gasteiger partial charge in [0.05, 0.1) is 6.33 Å². The van der Waals surface area contributed by atoms with Crippen LogP contribution in [0.25, 0.3) is 11.2 Å². The van der Waals surface area contributed by atoms with E-state index in [1.54, 1.807) is 30.1 Å². The minimum absolute atomic E-state index is 0.111. The molecule has 0 saturated heterocycles. The van der Waals surface area contributed by atoms with Crippen molar-refractivity contribution < 1.29 is 10.2 Å². The van der Waals surface area contributed by atoms with Crippen molar-refractivity contribution in [3.8, 4) is 11.5 Å². The van der Waals surface area contributed by atoms with E-state index in [2.05, 4.69) is 17.2 Å². The van der Waals surface area contributed by atoms with Crippen molar-refractivity contribution in [3.63, 3.8) is 0 Å². The van der Waals surface area contributed by atoms with Gasteiger partial charge in [-0.05, 0) is 43.5 Å². The van der Waals surface area contributed by atoms with E-state index in [0.717, 1.165) is 35.9 Å². The van der Waals surface area contributed by atoms with Crippen molar-refractivity contribution in [3.05, 3.63) is 50.9 Å². The highest BCUT2D eigenvalue weighted by Gasteiger charge is 2.14. The predicted octanol–water partition coefficient (Wildman–Crippen LogP) is 0.846. The maximum Gasteiger partial charge on any atom is 0.332 e. The average molecular weight is 401 g/mol. The summed E-state index contributed by atoms with van der Waals surface area (Å²) in [5.41, 5.74) is 1.04. The second kappa shape index (κ2) is 8.52. The second-order valence-corrected chi connectivity index (χ2v) is 7.26. The number of fused-ring (bicyclic) bond motifs is 1. The van der Waals surface area contributed by atoms with Crippen LogP contribution in [0.15, 0.2) is 34.1 Å². The number of aromatic nitrogens is 4. The highest BCUT2D eigenvalue weighted by atomic mass is 16.3. The Hall–Kier alpha value is -3.07. The molecule has 0 aliphatic heterocycles. The van der Waals surface area contributed by atoms with Gasteiger partial charge in [-0.1, -0.05) is 13.0 Å². The molecule has 3 N–H and O–H groups in total. The van der Waals surface area contributed by atoms with Crippen LogP contribution in [0.2, 0.25) is 0 Å². The van der Waals surface area contributed by atoms with Crippen LogP contribution in [0.4, 0.5) is 0 Å². The number of imidazole rings is 1. The first-order valence-electron chi connectivity index (χ1n) is 9.68. The smallest absolute Gasteiger partial charge is 0.332 e. The monoisotopic (exact) mass is 401 g/mol. The Morgan fingerprint density at radius 3 is 2.59 bits per heavy atom. The van der Waals surface area contributed by atoms with Crippen LogP contribution in [0.3, 0.4) is 0 Å². The van der Waals surface area contributed by atoms with Crippen LogP contribution >= 0.6 is 0 Å². The SMILES string of the molecule is CCC(Cc1ccc(O)c(O)c1)NCCCn1cnc2c1c(=O)n(C)c(=O)n2C. The van der Waals surface area contributed by atoms with Gasteiger partial charge in [-0.25, -0.2) is 9.78 Å². The molecule has 0 aliphatic carbocycles. The lowest BCUT2D eigenvalue weighted by molar-refractivity contribution is 0.402. The minimum atomic E-state index is -0.388. The van der Waals surface area contributed by atoms with Crippen LogP contribution in [-0.2, 0) is 27.1 Å². The summed E-state index contributed by atoms with van der Waals surface area (Å²) in [5.74, 6) is -0.230. The normalized spacial score (nSPS) is 12.5. The summed E-state index contributed by atoms with van der Waals surface area (Å²) < 4.78 is 4.27. The van der Waals surface area contributed by atoms with Crippen LogP contribution in [-0.4, -0.2) is 41.5 Å². The Morgan fingerprint density at radius 2 is 1.90 bits per heavy atom. The number of hydrogen-bond acceptors (Lipinski definition) is 6. The Labute approximate surface area is 167 Å². The third-order valence-electron chi connectivity index (χ3n) is 5.24. The zero-order valence-electron chi connectivity index (χ0n) is 16.9. The fourth-order valence-electron chi connectivity index (χ4n) is 3.46. The first-order chi connectivity index (χ1) is 13.8. The van der Waals surface area contributed by atoms with Gasteiger partial charge in [-0.3, -0.25) is 13.9 Å². The molecule has 0 fully saturated rings. The van der Waals surface area contributed by atoms with E-state index in [-0.39, 0.29) is 28.8 Å². The molecule has 29 heavy (non-hydrogen) atoms. The Morgan fingerprint density at radius 1 is 1.14 bits per heavy atom. The lowest BCUT2D eigenvalue weighted by Gasteiger charge is -2.17. The molecule has 3 aromatic rings. The molecule has 2 heterocycles. The number of nitrogens with one attached hydrogen (secondary N) is 1. The molecule has 9 nitrogen and oxygen atoms in total. The average Bonchev–Trinajstić information content (AvgIpc) is 3.13. The van der Waals surface area contributed by atoms with E-state index in [1.807, 2.05) is 0 Å². The van der Waals surface area contributed by atoms with Gasteiger partial charge < -0.3 is 20.1 Å². The Balaban J connectivity index is 1.62. The van der Waals surface area contributed by atoms with Gasteiger partial charge >= 0.3 is 5.69 Å². The van der Waals surface area contributed by atoms with E-state index < -0.39 is 0 Å². The largest absolute Gasteiger partial charge is 0.504 e. The number of benzene rings is 1. The van der Waals surface area contributed by atoms with E-state index in [9.17, 15) is 19.8 Å². The summed E-state index contributed by atoms with van der Waals surface area (Å²) >= 11 is 0. The molecule has 0 spiro atoms. The predicted molar refractivity (Wildman–Crippen MR) is 110 cm³/mol. The van der Waals surface area contributed by atoms with Gasteiger partial charge in [-0.15, -0.1) is 0 Å². The molecule has 1 atom stereocenters. The minimum Gasteiger partial charge on any atom is -0.504 e. The standard InChI is InChI=1S/C20H27N5O4/c1-4-14(10-13-6-7-15(26)16(27)11-13)21-8-5-9-25-12-22-18-17(25)19(28)24(3)20(29)23(18)2/h6-7,11-12,14,21,26-27H,4-5,8-10H2,1-3H3. The summed E-state index contributed by atoms with van der Waals surface area (Å²) in [6.45, 7) is 3.44. The summed E-state index contributed by atoms with van der Waals surface area (Å²) in [5, 5.41) is 22.6. The van der Waals surface area contributed by atoms with Crippen molar-refractivity contribution in [2.45, 2.75) is 38.8 Å². The van der Waals surface area contributed by atoms with Crippen LogP contribution < -0.4 is 16.6 Å². The molecular formula is C20H27N5O4. The number of hydrogen-bond donors (Lipinski definition) is 3. The maximum atomic E-state index is 12.5. The van der Waals surface area contributed by atoms with E-state index >= 15 is 0 Å². The molecule has 0 amide bonds. The number of phenolic OH excluding ortho intramolecular Hbond substituents is 2. The number of phenols is 2. The Kier molecular flexibility index (Phi) is 6.07. The lowest BCUT2D eigenvalue weighted by Crippen LogP contribution is -2.37. The Bertz CT molecular complexity index is 1130. The quantitative estimate of drug-likeness (QED) is 0.381. The van der Waals surface area contributed by atoms with E-state index in [4.69, 9.17) is 0 Å². The molecule has 0 aliphatic rings. The molecule has 1 aromatic carbocycles. The second-order valence-electron chi connectivity index (χ2n) is 7.26. The number of rotatable bonds is 8. The topological polar surface area (TPSA) is 114 Å². The van der Waals surface area contributed by atoms with Gasteiger partial charge in [0.25, 0.3) is 5.56 Å². The molecule has 1 unspecified atom stereocenters. The van der Waals surface area contributed by atoms with Crippen molar-refractivity contribution >= 4 is 11.2 Å². The summed E-state index contributed by atoms with van der Waals surface area (Å²) in [4.78, 5) is 28.7. The van der Waals surface area contributed by atoms with Crippen LogP contribution in [0.1, 0.15) is 25.3 Å². The van der Waals surface area contributed by atoms with Crippen molar-refractivity contribution in [2.75, 3.05) is 6.54 Å². The first-order valence-corrected chi connectivity index (χ1v) is 9.68. The number of nitrogens with zero attached hydrogens (tertiary/aromatic N) is 4. The van der Waals surface area contributed by atoms with Gasteiger partial charge in [0.1, 0.15) is 0 Å². The summed E-state index contributed by atoms with van der Waals surface area (Å²) in [6.07, 6.45) is 4.04. The summed E-state index contributed by atoms with van der Waals surface area (Å²) in [7, 11) is 3.08. The molecule has 0 saturated carbocycles. The summed E-state index contributed by atoms with van der Waals surface area (Å²) in [6, 6.07) is 5.11. The van der Waals surface area contributed by atoms with Gasteiger partial charge in [0.2, 0.25) is 0 Å². The highest BCUT2D eigenvalue weighted by Crippen LogP contribution is 2.25. The van der Waals surface area contributed by atoms with E-state index in [0.29, 0.717) is 17.7 Å². The van der Waals surface area contributed by atoms with Crippen molar-refractivity contribution in [2.24, 2.45) is 14.1 Å². The first kappa shape index (κ1) is 20.7. The molecule has 3 rings (SSSR count). The number of aryl methyl sites for hydroxylation is 2. The van der Waals surface area contributed by atoms with Crippen LogP contribution in [0.5, 0.6) is 11.5 Å². The van der Waals surface area contributed by atoms with Gasteiger partial charge in [0.15, 0.2) is 22.7 Å². The maximum absolute atomic E-state index is 12.5. The molecule has 9 heteroatoms. The lowest BCUT2D eigenvalue weighted by atomic mass is 10.0. The van der Waals surface area contributed by atoms with Crippen LogP contribution in [0, 0.1) is 0 Å². The molecule has 0 radical (unpaired) electrons. The van der Waals surface area contributed by atoms with Crippen molar-refractivity contribution in [1.82, 2.24) is 24.0 Å². The van der Waals surface area contributed by atoms with Gasteiger partial charge in [-0.2, -0.15) is 0 Å². The van der Waals surface area contributed by atoms with E-state index in [1.165, 1.54) is 17.7 Å². The highest BCUT2D eigenvalue weighted by molar-refractivity contribution is 5.69. The fraction of sp³-hybridized carbons (Fsp3) is 0.450. The fourth-order valence-corrected chi connectivity index (χ4v) is 3.46. The third-order valence-corrected chi connectivity index (χ3v) is 5.24. The molecule has 0 bridgehead atoms. The third kappa shape index (κ3) is 4.19.